The highest BCUT2D eigenvalue weighted by atomic mass is 16.1. The minimum Gasteiger partial charge on any atom is -0.345 e. The lowest BCUT2D eigenvalue weighted by Gasteiger charge is -2.18. The first-order chi connectivity index (χ1) is 14.2. The molecule has 0 bridgehead atoms. The van der Waals surface area contributed by atoms with Gasteiger partial charge in [-0.1, -0.05) is 67.6 Å². The molecule has 4 rings (SSSR count). The van der Waals surface area contributed by atoms with E-state index < -0.39 is 0 Å². The van der Waals surface area contributed by atoms with E-state index in [-0.39, 0.29) is 11.9 Å². The van der Waals surface area contributed by atoms with Crippen LogP contribution in [-0.4, -0.2) is 20.7 Å². The molecule has 2 aromatic carbocycles. The van der Waals surface area contributed by atoms with Gasteiger partial charge in [-0.3, -0.25) is 4.79 Å². The van der Waals surface area contributed by atoms with Crippen LogP contribution in [0, 0.1) is 0 Å². The van der Waals surface area contributed by atoms with Crippen molar-refractivity contribution in [3.63, 3.8) is 0 Å². The fourth-order valence-electron chi connectivity index (χ4n) is 3.57. The molecule has 1 amide bonds. The van der Waals surface area contributed by atoms with Crippen LogP contribution in [0.25, 0.3) is 22.3 Å². The second kappa shape index (κ2) is 8.27. The molecule has 1 unspecified atom stereocenters. The Morgan fingerprint density at radius 2 is 1.72 bits per heavy atom. The van der Waals surface area contributed by atoms with Crippen LogP contribution in [0.15, 0.2) is 72.9 Å². The van der Waals surface area contributed by atoms with Crippen molar-refractivity contribution in [2.24, 2.45) is 0 Å². The Balaban J connectivity index is 1.77. The van der Waals surface area contributed by atoms with Crippen molar-refractivity contribution in [3.8, 4) is 11.3 Å². The first kappa shape index (κ1) is 18.9. The molecule has 5 nitrogen and oxygen atoms in total. The molecule has 2 aromatic heterocycles. The van der Waals surface area contributed by atoms with Gasteiger partial charge in [0.05, 0.1) is 28.9 Å². The third-order valence-electron chi connectivity index (χ3n) is 5.14. The average Bonchev–Trinajstić information content (AvgIpc) is 3.21. The predicted molar refractivity (Wildman–Crippen MR) is 116 cm³/mol. The molecule has 4 aromatic rings. The van der Waals surface area contributed by atoms with Crippen LogP contribution in [0.4, 0.5) is 0 Å². The predicted octanol–water partition coefficient (Wildman–Crippen LogP) is 5.00. The Bertz CT molecular complexity index is 1120. The van der Waals surface area contributed by atoms with Gasteiger partial charge in [0.15, 0.2) is 5.65 Å². The molecule has 0 fully saturated rings. The first-order valence-corrected chi connectivity index (χ1v) is 9.99. The summed E-state index contributed by atoms with van der Waals surface area (Å²) in [6, 6.07) is 21.8. The normalized spacial score (nSPS) is 12.1. The molecular formula is C24H24N4O. The van der Waals surface area contributed by atoms with E-state index in [1.165, 1.54) is 0 Å². The summed E-state index contributed by atoms with van der Waals surface area (Å²) in [7, 11) is 0. The van der Waals surface area contributed by atoms with Crippen LogP contribution in [0.1, 0.15) is 42.2 Å². The summed E-state index contributed by atoms with van der Waals surface area (Å²) in [5.41, 5.74) is 4.17. The van der Waals surface area contributed by atoms with E-state index in [9.17, 15) is 4.79 Å². The van der Waals surface area contributed by atoms with Gasteiger partial charge in [0, 0.05) is 12.1 Å². The van der Waals surface area contributed by atoms with E-state index in [0.717, 1.165) is 34.3 Å². The number of rotatable bonds is 6. The summed E-state index contributed by atoms with van der Waals surface area (Å²) in [5.74, 6) is -0.110. The average molecular weight is 384 g/mol. The summed E-state index contributed by atoms with van der Waals surface area (Å²) < 4.78 is 1.83. The van der Waals surface area contributed by atoms with Crippen molar-refractivity contribution in [2.75, 3.05) is 0 Å². The van der Waals surface area contributed by atoms with Gasteiger partial charge >= 0.3 is 0 Å². The lowest BCUT2D eigenvalue weighted by molar-refractivity contribution is 0.0937. The number of carbonyl (C=O) groups excluding carboxylic acids is 1. The number of amides is 1. The SMILES string of the molecule is CCC(NC(=O)c1cc(-c2ccccc2)nc2c1cnn2CC)c1ccccc1. The van der Waals surface area contributed by atoms with Gasteiger partial charge in [0.1, 0.15) is 0 Å². The zero-order chi connectivity index (χ0) is 20.2. The fourth-order valence-corrected chi connectivity index (χ4v) is 3.57. The maximum Gasteiger partial charge on any atom is 0.252 e. The highest BCUT2D eigenvalue weighted by Crippen LogP contribution is 2.26. The molecule has 146 valence electrons. The van der Waals surface area contributed by atoms with Crippen LogP contribution in [0.5, 0.6) is 0 Å². The van der Waals surface area contributed by atoms with E-state index in [2.05, 4.69) is 17.3 Å². The summed E-state index contributed by atoms with van der Waals surface area (Å²) in [6.07, 6.45) is 2.54. The Hall–Kier alpha value is -3.47. The van der Waals surface area contributed by atoms with Gasteiger partial charge in [0.25, 0.3) is 5.91 Å². The van der Waals surface area contributed by atoms with E-state index in [0.29, 0.717) is 12.1 Å². The molecule has 0 aliphatic carbocycles. The van der Waals surface area contributed by atoms with Gasteiger partial charge in [-0.25, -0.2) is 9.67 Å². The summed E-state index contributed by atoms with van der Waals surface area (Å²) >= 11 is 0. The second-order valence-electron chi connectivity index (χ2n) is 6.96. The smallest absolute Gasteiger partial charge is 0.252 e. The molecule has 0 aliphatic rings. The third-order valence-corrected chi connectivity index (χ3v) is 5.14. The number of pyridine rings is 1. The highest BCUT2D eigenvalue weighted by molar-refractivity contribution is 6.06. The number of hydrogen-bond donors (Lipinski definition) is 1. The monoisotopic (exact) mass is 384 g/mol. The molecule has 0 aliphatic heterocycles. The van der Waals surface area contributed by atoms with E-state index in [1.54, 1.807) is 6.20 Å². The standard InChI is InChI=1S/C24H24N4O/c1-3-21(17-11-7-5-8-12-17)27-24(29)19-15-22(18-13-9-6-10-14-18)26-23-20(19)16-25-28(23)4-2/h5-16,21H,3-4H2,1-2H3,(H,27,29). The molecule has 0 radical (unpaired) electrons. The minimum atomic E-state index is -0.110. The molecule has 1 N–H and O–H groups in total. The number of aryl methyl sites for hydroxylation is 1. The number of benzene rings is 2. The van der Waals surface area contributed by atoms with Crippen molar-refractivity contribution < 1.29 is 4.79 Å². The van der Waals surface area contributed by atoms with Crippen molar-refractivity contribution in [2.45, 2.75) is 32.9 Å². The third kappa shape index (κ3) is 3.76. The molecule has 29 heavy (non-hydrogen) atoms. The number of nitrogens with zero attached hydrogens (tertiary/aromatic N) is 3. The molecular weight excluding hydrogens is 360 g/mol. The molecule has 0 saturated carbocycles. The Morgan fingerprint density at radius 3 is 2.38 bits per heavy atom. The van der Waals surface area contributed by atoms with Crippen molar-refractivity contribution >= 4 is 16.9 Å². The maximum atomic E-state index is 13.3. The largest absolute Gasteiger partial charge is 0.345 e. The van der Waals surface area contributed by atoms with E-state index in [1.807, 2.05) is 78.3 Å². The van der Waals surface area contributed by atoms with Crippen LogP contribution >= 0.6 is 0 Å². The Morgan fingerprint density at radius 1 is 1.03 bits per heavy atom. The maximum absolute atomic E-state index is 13.3. The van der Waals surface area contributed by atoms with Gasteiger partial charge in [-0.05, 0) is 25.0 Å². The van der Waals surface area contributed by atoms with Gasteiger partial charge in [0.2, 0.25) is 0 Å². The number of carbonyl (C=O) groups is 1. The zero-order valence-corrected chi connectivity index (χ0v) is 16.7. The zero-order valence-electron chi connectivity index (χ0n) is 16.7. The van der Waals surface area contributed by atoms with Crippen molar-refractivity contribution in [3.05, 3.63) is 84.1 Å². The Kier molecular flexibility index (Phi) is 5.38. The number of fused-ring (bicyclic) bond motifs is 1. The topological polar surface area (TPSA) is 59.8 Å². The van der Waals surface area contributed by atoms with E-state index in [4.69, 9.17) is 4.98 Å². The quantitative estimate of drug-likeness (QED) is 0.509. The van der Waals surface area contributed by atoms with Crippen LogP contribution in [0.2, 0.25) is 0 Å². The van der Waals surface area contributed by atoms with Gasteiger partial charge in [-0.2, -0.15) is 5.10 Å². The van der Waals surface area contributed by atoms with Crippen LogP contribution in [-0.2, 0) is 6.54 Å². The molecule has 5 heteroatoms. The van der Waals surface area contributed by atoms with Gasteiger partial charge in [-0.15, -0.1) is 0 Å². The summed E-state index contributed by atoms with van der Waals surface area (Å²) in [6.45, 7) is 4.79. The van der Waals surface area contributed by atoms with Gasteiger partial charge < -0.3 is 5.32 Å². The van der Waals surface area contributed by atoms with E-state index >= 15 is 0 Å². The van der Waals surface area contributed by atoms with Crippen LogP contribution in [0.3, 0.4) is 0 Å². The Labute approximate surface area is 170 Å². The second-order valence-corrected chi connectivity index (χ2v) is 6.96. The molecule has 0 saturated heterocycles. The lowest BCUT2D eigenvalue weighted by atomic mass is 10.0. The number of nitrogens with one attached hydrogen (secondary N) is 1. The lowest BCUT2D eigenvalue weighted by Crippen LogP contribution is -2.28. The summed E-state index contributed by atoms with van der Waals surface area (Å²) in [4.78, 5) is 18.1. The number of hydrogen-bond acceptors (Lipinski definition) is 3. The molecule has 2 heterocycles. The first-order valence-electron chi connectivity index (χ1n) is 9.99. The fraction of sp³-hybridized carbons (Fsp3) is 0.208. The summed E-state index contributed by atoms with van der Waals surface area (Å²) in [5, 5.41) is 8.39. The highest BCUT2D eigenvalue weighted by Gasteiger charge is 2.20. The minimum absolute atomic E-state index is 0.0479. The molecule has 1 atom stereocenters. The van der Waals surface area contributed by atoms with Crippen molar-refractivity contribution in [1.29, 1.82) is 0 Å². The molecule has 0 spiro atoms. The van der Waals surface area contributed by atoms with Crippen molar-refractivity contribution in [1.82, 2.24) is 20.1 Å². The number of aromatic nitrogens is 3. The van der Waals surface area contributed by atoms with Crippen LogP contribution < -0.4 is 5.32 Å².